The van der Waals surface area contributed by atoms with Gasteiger partial charge in [-0.3, -0.25) is 9.59 Å². The average Bonchev–Trinajstić information content (AvgIpc) is 2.38. The molecule has 19 heavy (non-hydrogen) atoms. The summed E-state index contributed by atoms with van der Waals surface area (Å²) in [6, 6.07) is -0.167. The lowest BCUT2D eigenvalue weighted by atomic mass is 9.90. The number of carbonyl (C=O) groups is 2. The Balaban J connectivity index is 2.36. The molecule has 1 aliphatic heterocycles. The molecule has 0 aromatic carbocycles. The molecule has 1 saturated heterocycles. The predicted octanol–water partition coefficient (Wildman–Crippen LogP) is 2.62. The summed E-state index contributed by atoms with van der Waals surface area (Å²) >= 11 is 1.81. The van der Waals surface area contributed by atoms with Crippen molar-refractivity contribution in [2.24, 2.45) is 5.92 Å². The number of hydrogen-bond acceptors (Lipinski definition) is 3. The number of carboxylic acids is 1. The molecule has 5 heteroatoms. The van der Waals surface area contributed by atoms with Crippen molar-refractivity contribution in [1.82, 2.24) is 4.90 Å². The van der Waals surface area contributed by atoms with Crippen molar-refractivity contribution in [1.29, 1.82) is 0 Å². The van der Waals surface area contributed by atoms with Crippen LogP contribution in [0.2, 0.25) is 0 Å². The highest BCUT2D eigenvalue weighted by Gasteiger charge is 2.34. The van der Waals surface area contributed by atoms with Crippen LogP contribution in [0.3, 0.4) is 0 Å². The van der Waals surface area contributed by atoms with Crippen molar-refractivity contribution in [2.45, 2.75) is 52.0 Å². The summed E-state index contributed by atoms with van der Waals surface area (Å²) < 4.78 is 0. The molecule has 0 bridgehead atoms. The van der Waals surface area contributed by atoms with E-state index in [1.165, 1.54) is 12.8 Å². The van der Waals surface area contributed by atoms with Crippen LogP contribution in [0, 0.1) is 5.92 Å². The molecular weight excluding hydrogens is 262 g/mol. The fourth-order valence-electron chi connectivity index (χ4n) is 2.48. The number of hydrogen-bond donors (Lipinski definition) is 1. The van der Waals surface area contributed by atoms with Gasteiger partial charge in [0.15, 0.2) is 0 Å². The number of carboxylic acid groups (broad SMARTS) is 1. The molecule has 0 aliphatic carbocycles. The zero-order valence-corrected chi connectivity index (χ0v) is 12.7. The fourth-order valence-corrected chi connectivity index (χ4v) is 3.49. The minimum atomic E-state index is -0.776. The van der Waals surface area contributed by atoms with Gasteiger partial charge < -0.3 is 10.0 Å². The van der Waals surface area contributed by atoms with Crippen LogP contribution in [0.15, 0.2) is 0 Å². The fraction of sp³-hybridized carbons (Fsp3) is 0.857. The Morgan fingerprint density at radius 2 is 2.11 bits per heavy atom. The first kappa shape index (κ1) is 16.3. The van der Waals surface area contributed by atoms with Crippen molar-refractivity contribution in [3.05, 3.63) is 0 Å². The topological polar surface area (TPSA) is 57.6 Å². The van der Waals surface area contributed by atoms with Gasteiger partial charge in [-0.05, 0) is 31.9 Å². The van der Waals surface area contributed by atoms with Gasteiger partial charge in [0, 0.05) is 24.8 Å². The van der Waals surface area contributed by atoms with Crippen molar-refractivity contribution in [2.75, 3.05) is 18.1 Å². The molecule has 1 amide bonds. The Labute approximate surface area is 119 Å². The van der Waals surface area contributed by atoms with E-state index in [1.54, 1.807) is 4.90 Å². The van der Waals surface area contributed by atoms with Crippen molar-refractivity contribution in [3.63, 3.8) is 0 Å². The maximum absolute atomic E-state index is 12.1. The summed E-state index contributed by atoms with van der Waals surface area (Å²) in [6.45, 7) is 4.73. The third kappa shape index (κ3) is 5.05. The van der Waals surface area contributed by atoms with E-state index in [-0.39, 0.29) is 11.9 Å². The molecule has 1 heterocycles. The van der Waals surface area contributed by atoms with Gasteiger partial charge in [-0.25, -0.2) is 0 Å². The van der Waals surface area contributed by atoms with E-state index in [0.717, 1.165) is 17.9 Å². The van der Waals surface area contributed by atoms with E-state index in [4.69, 9.17) is 5.11 Å². The molecule has 0 saturated carbocycles. The summed E-state index contributed by atoms with van der Waals surface area (Å²) in [5.41, 5.74) is 0. The van der Waals surface area contributed by atoms with E-state index in [9.17, 15) is 9.59 Å². The van der Waals surface area contributed by atoms with E-state index >= 15 is 0 Å². The summed E-state index contributed by atoms with van der Waals surface area (Å²) in [5, 5.41) is 9.14. The molecule has 2 atom stereocenters. The quantitative estimate of drug-likeness (QED) is 0.731. The van der Waals surface area contributed by atoms with Gasteiger partial charge in [0.2, 0.25) is 5.91 Å². The first-order valence-corrected chi connectivity index (χ1v) is 8.33. The number of likely N-dealkylation sites (tertiary alicyclic amines) is 1. The van der Waals surface area contributed by atoms with Gasteiger partial charge >= 0.3 is 5.97 Å². The van der Waals surface area contributed by atoms with E-state index in [1.807, 2.05) is 18.7 Å². The van der Waals surface area contributed by atoms with Crippen molar-refractivity contribution >= 4 is 23.6 Å². The zero-order chi connectivity index (χ0) is 14.3. The lowest BCUT2D eigenvalue weighted by Crippen LogP contribution is -2.49. The lowest BCUT2D eigenvalue weighted by Gasteiger charge is -2.37. The van der Waals surface area contributed by atoms with Crippen LogP contribution in [0.4, 0.5) is 0 Å². The monoisotopic (exact) mass is 287 g/mol. The van der Waals surface area contributed by atoms with Crippen LogP contribution in [0.5, 0.6) is 0 Å². The Hall–Kier alpha value is -0.710. The van der Waals surface area contributed by atoms with Gasteiger partial charge in [0.1, 0.15) is 0 Å². The molecule has 1 N–H and O–H groups in total. The number of amides is 1. The highest BCUT2D eigenvalue weighted by atomic mass is 32.2. The number of unbranched alkanes of at least 4 members (excludes halogenated alkanes) is 1. The number of nitrogens with zero attached hydrogens (tertiary/aromatic N) is 1. The summed E-state index contributed by atoms with van der Waals surface area (Å²) in [6.07, 6.45) is 4.40. The Kier molecular flexibility index (Phi) is 7.28. The number of carbonyl (C=O) groups excluding carboxylic acids is 1. The van der Waals surface area contributed by atoms with E-state index in [0.29, 0.717) is 19.4 Å². The standard InChI is InChI=1S/C14H25NO3S/c1-3-4-9-19-10-7-13(16)15-8-5-6-12(11(15)2)14(17)18/h11-12H,3-10H2,1-2H3,(H,17,18)/t11-,12-/m0/s1. The lowest BCUT2D eigenvalue weighted by molar-refractivity contribution is -0.148. The molecule has 1 fully saturated rings. The third-order valence-corrected chi connectivity index (χ3v) is 4.80. The Morgan fingerprint density at radius 1 is 1.37 bits per heavy atom. The summed E-state index contributed by atoms with van der Waals surface area (Å²) in [5.74, 6) is 0.895. The summed E-state index contributed by atoms with van der Waals surface area (Å²) in [7, 11) is 0. The van der Waals surface area contributed by atoms with E-state index in [2.05, 4.69) is 6.92 Å². The van der Waals surface area contributed by atoms with Gasteiger partial charge in [0.05, 0.1) is 5.92 Å². The van der Waals surface area contributed by atoms with Gasteiger partial charge in [-0.2, -0.15) is 11.8 Å². The zero-order valence-electron chi connectivity index (χ0n) is 11.9. The van der Waals surface area contributed by atoms with Crippen LogP contribution < -0.4 is 0 Å². The molecule has 0 unspecified atom stereocenters. The molecule has 4 nitrogen and oxygen atoms in total. The predicted molar refractivity (Wildman–Crippen MR) is 78.4 cm³/mol. The molecule has 0 aromatic heterocycles. The molecule has 1 aliphatic rings. The number of rotatable bonds is 7. The van der Waals surface area contributed by atoms with Gasteiger partial charge in [0.25, 0.3) is 0 Å². The normalized spacial score (nSPS) is 23.4. The van der Waals surface area contributed by atoms with Crippen LogP contribution in [0.1, 0.15) is 46.0 Å². The molecule has 0 aromatic rings. The highest BCUT2D eigenvalue weighted by Crippen LogP contribution is 2.24. The largest absolute Gasteiger partial charge is 0.481 e. The Morgan fingerprint density at radius 3 is 2.74 bits per heavy atom. The molecule has 0 spiro atoms. The Bertz CT molecular complexity index is 309. The molecular formula is C14H25NO3S. The van der Waals surface area contributed by atoms with Crippen molar-refractivity contribution < 1.29 is 14.7 Å². The maximum Gasteiger partial charge on any atom is 0.308 e. The average molecular weight is 287 g/mol. The number of piperidine rings is 1. The maximum atomic E-state index is 12.1. The van der Waals surface area contributed by atoms with Crippen LogP contribution in [-0.2, 0) is 9.59 Å². The molecule has 0 radical (unpaired) electrons. The minimum Gasteiger partial charge on any atom is -0.481 e. The third-order valence-electron chi connectivity index (χ3n) is 3.73. The van der Waals surface area contributed by atoms with Crippen LogP contribution >= 0.6 is 11.8 Å². The van der Waals surface area contributed by atoms with Crippen LogP contribution in [0.25, 0.3) is 0 Å². The second-order valence-electron chi connectivity index (χ2n) is 5.13. The number of aliphatic carboxylic acids is 1. The molecule has 1 rings (SSSR count). The van der Waals surface area contributed by atoms with Crippen LogP contribution in [-0.4, -0.2) is 46.0 Å². The minimum absolute atomic E-state index is 0.113. The van der Waals surface area contributed by atoms with Gasteiger partial charge in [-0.15, -0.1) is 0 Å². The SMILES string of the molecule is CCCCSCCC(=O)N1CCC[C@H](C(=O)O)[C@@H]1C. The number of thioether (sulfide) groups is 1. The first-order valence-electron chi connectivity index (χ1n) is 7.18. The smallest absolute Gasteiger partial charge is 0.308 e. The first-order chi connectivity index (χ1) is 9.07. The van der Waals surface area contributed by atoms with Gasteiger partial charge in [-0.1, -0.05) is 13.3 Å². The van der Waals surface area contributed by atoms with E-state index < -0.39 is 11.9 Å². The highest BCUT2D eigenvalue weighted by molar-refractivity contribution is 7.99. The van der Waals surface area contributed by atoms with Crippen molar-refractivity contribution in [3.8, 4) is 0 Å². The molecule has 110 valence electrons. The second-order valence-corrected chi connectivity index (χ2v) is 6.36. The second kappa shape index (κ2) is 8.46. The summed E-state index contributed by atoms with van der Waals surface area (Å²) in [4.78, 5) is 25.0.